The third-order valence-electron chi connectivity index (χ3n) is 6.39. The summed E-state index contributed by atoms with van der Waals surface area (Å²) in [5.41, 5.74) is 8.06. The Balaban J connectivity index is 1.51. The fourth-order valence-electron chi connectivity index (χ4n) is 4.84. The molecule has 0 spiro atoms. The van der Waals surface area contributed by atoms with E-state index >= 15 is 0 Å². The summed E-state index contributed by atoms with van der Waals surface area (Å²) in [6.45, 7) is 4.68. The third-order valence-corrected chi connectivity index (χ3v) is 8.67. The Kier molecular flexibility index (Phi) is 4.03. The molecule has 0 bridgehead atoms. The van der Waals surface area contributed by atoms with Crippen LogP contribution in [0.4, 0.5) is 11.4 Å². The van der Waals surface area contributed by atoms with Gasteiger partial charge in [-0.2, -0.15) is 0 Å². The Morgan fingerprint density at radius 1 is 0.733 bits per heavy atom. The highest BCUT2D eigenvalue weighted by Gasteiger charge is 2.35. The topological polar surface area (TPSA) is 3.24 Å². The zero-order valence-corrected chi connectivity index (χ0v) is 19.8. The number of anilines is 2. The van der Waals surface area contributed by atoms with Crippen molar-refractivity contribution in [3.63, 3.8) is 0 Å². The van der Waals surface area contributed by atoms with Crippen molar-refractivity contribution in [1.82, 2.24) is 0 Å². The van der Waals surface area contributed by atoms with Crippen LogP contribution < -0.4 is 3.11 Å². The van der Waals surface area contributed by atoms with Gasteiger partial charge in [0.15, 0.2) is 0 Å². The molecule has 30 heavy (non-hydrogen) atoms. The predicted molar refractivity (Wildman–Crippen MR) is 139 cm³/mol. The molecule has 1 aromatic heterocycles. The van der Waals surface area contributed by atoms with Gasteiger partial charge in [-0.05, 0) is 46.5 Å². The lowest BCUT2D eigenvalue weighted by Gasteiger charge is -2.24. The van der Waals surface area contributed by atoms with Crippen molar-refractivity contribution in [1.29, 1.82) is 0 Å². The van der Waals surface area contributed by atoms with Crippen molar-refractivity contribution >= 4 is 65.7 Å². The molecule has 0 unspecified atom stereocenters. The van der Waals surface area contributed by atoms with Crippen LogP contribution in [0.2, 0.25) is 0 Å². The molecule has 0 saturated heterocycles. The van der Waals surface area contributed by atoms with Gasteiger partial charge in [0, 0.05) is 20.9 Å². The molecule has 0 N–H and O–H groups in total. The highest BCUT2D eigenvalue weighted by atomic mass is 127. The molecule has 3 heteroatoms. The lowest BCUT2D eigenvalue weighted by Crippen LogP contribution is -2.15. The maximum atomic E-state index is 2.46. The molecule has 0 fully saturated rings. The Labute approximate surface area is 194 Å². The zero-order chi connectivity index (χ0) is 20.5. The fraction of sp³-hybridized carbons (Fsp3) is 0.111. The molecular weight excluding hydrogens is 497 g/mol. The van der Waals surface area contributed by atoms with E-state index in [2.05, 4.69) is 125 Å². The van der Waals surface area contributed by atoms with Gasteiger partial charge in [0.25, 0.3) is 0 Å². The fourth-order valence-corrected chi connectivity index (χ4v) is 6.91. The first-order chi connectivity index (χ1) is 14.6. The number of nitrogens with zero attached hydrogens (tertiary/aromatic N) is 1. The van der Waals surface area contributed by atoms with Crippen molar-refractivity contribution < 1.29 is 0 Å². The molecule has 6 rings (SSSR count). The lowest BCUT2D eigenvalue weighted by molar-refractivity contribution is 0.660. The van der Waals surface area contributed by atoms with E-state index < -0.39 is 0 Å². The van der Waals surface area contributed by atoms with Crippen LogP contribution >= 0.6 is 34.2 Å². The Bertz CT molecular complexity index is 1450. The van der Waals surface area contributed by atoms with E-state index in [1.807, 2.05) is 11.3 Å². The largest absolute Gasteiger partial charge is 0.282 e. The van der Waals surface area contributed by atoms with Crippen LogP contribution in [0.25, 0.3) is 31.3 Å². The first kappa shape index (κ1) is 18.4. The normalized spacial score (nSPS) is 14.1. The third kappa shape index (κ3) is 2.51. The van der Waals surface area contributed by atoms with Crippen LogP contribution in [-0.2, 0) is 5.41 Å². The summed E-state index contributed by atoms with van der Waals surface area (Å²) < 4.78 is 5.00. The molecule has 146 valence electrons. The maximum Gasteiger partial charge on any atom is 0.0689 e. The van der Waals surface area contributed by atoms with E-state index in [9.17, 15) is 0 Å². The number of hydrogen-bond acceptors (Lipinski definition) is 2. The highest BCUT2D eigenvalue weighted by molar-refractivity contribution is 14.1. The standard InChI is InChI=1S/C27H20INS/c1-27(2)22-11-5-3-8-18(22)19-15-14-17(16-23(19)27)29(28)24-12-7-10-21-20-9-4-6-13-25(20)30-26(21)24/h3-16H,1-2H3. The molecule has 0 radical (unpaired) electrons. The summed E-state index contributed by atoms with van der Waals surface area (Å²) in [5, 5.41) is 2.68. The van der Waals surface area contributed by atoms with E-state index in [4.69, 9.17) is 0 Å². The van der Waals surface area contributed by atoms with Gasteiger partial charge < -0.3 is 0 Å². The van der Waals surface area contributed by atoms with E-state index in [0.29, 0.717) is 0 Å². The average Bonchev–Trinajstić information content (AvgIpc) is 3.27. The second-order valence-corrected chi connectivity index (χ2v) is 10.5. The minimum Gasteiger partial charge on any atom is -0.282 e. The molecule has 1 aliphatic carbocycles. The van der Waals surface area contributed by atoms with Gasteiger partial charge in [-0.15, -0.1) is 11.3 Å². The van der Waals surface area contributed by atoms with Gasteiger partial charge >= 0.3 is 0 Å². The summed E-state index contributed by atoms with van der Waals surface area (Å²) >= 11 is 4.34. The summed E-state index contributed by atoms with van der Waals surface area (Å²) in [4.78, 5) is 0. The molecule has 0 atom stereocenters. The minimum atomic E-state index is 0.0169. The van der Waals surface area contributed by atoms with Crippen LogP contribution in [0.15, 0.2) is 84.9 Å². The van der Waals surface area contributed by atoms with Gasteiger partial charge in [-0.25, -0.2) is 0 Å². The highest BCUT2D eigenvalue weighted by Crippen LogP contribution is 2.50. The van der Waals surface area contributed by atoms with Crippen molar-refractivity contribution in [3.8, 4) is 11.1 Å². The smallest absolute Gasteiger partial charge is 0.0689 e. The number of halogens is 1. The molecule has 1 heterocycles. The van der Waals surface area contributed by atoms with Crippen LogP contribution in [-0.4, -0.2) is 0 Å². The Morgan fingerprint density at radius 2 is 1.47 bits per heavy atom. The van der Waals surface area contributed by atoms with Crippen molar-refractivity contribution in [3.05, 3.63) is 96.1 Å². The first-order valence-electron chi connectivity index (χ1n) is 10.2. The lowest BCUT2D eigenvalue weighted by atomic mass is 9.82. The predicted octanol–water partition coefficient (Wildman–Crippen LogP) is 8.85. The summed E-state index contributed by atoms with van der Waals surface area (Å²) in [7, 11) is 0. The molecular formula is C27H20INS. The van der Waals surface area contributed by atoms with Crippen LogP contribution in [0, 0.1) is 0 Å². The second kappa shape index (κ2) is 6.56. The molecule has 5 aromatic rings. The van der Waals surface area contributed by atoms with Gasteiger partial charge in [-0.1, -0.05) is 74.5 Å². The average molecular weight is 517 g/mol. The SMILES string of the molecule is CC1(C)c2ccccc2-c2ccc(N(I)c3cccc4c3sc3ccccc34)cc21. The summed E-state index contributed by atoms with van der Waals surface area (Å²) in [6.07, 6.45) is 0. The Hall–Kier alpha value is -2.37. The zero-order valence-electron chi connectivity index (χ0n) is 16.8. The molecule has 1 nitrogen and oxygen atoms in total. The van der Waals surface area contributed by atoms with Gasteiger partial charge in [-0.3, -0.25) is 3.11 Å². The van der Waals surface area contributed by atoms with Crippen LogP contribution in [0.5, 0.6) is 0 Å². The van der Waals surface area contributed by atoms with Gasteiger partial charge in [0.1, 0.15) is 0 Å². The molecule has 0 aliphatic heterocycles. The van der Waals surface area contributed by atoms with E-state index in [0.717, 1.165) is 0 Å². The number of hydrogen-bond donors (Lipinski definition) is 0. The number of thiophene rings is 1. The number of rotatable bonds is 2. The molecule has 1 aliphatic rings. The summed E-state index contributed by atoms with van der Waals surface area (Å²) in [6, 6.07) is 31.1. The minimum absolute atomic E-state index is 0.0169. The van der Waals surface area contributed by atoms with Gasteiger partial charge in [0.2, 0.25) is 0 Å². The molecule has 0 amide bonds. The molecule has 4 aromatic carbocycles. The van der Waals surface area contributed by atoms with Crippen LogP contribution in [0.1, 0.15) is 25.0 Å². The monoisotopic (exact) mass is 517 g/mol. The first-order valence-corrected chi connectivity index (χ1v) is 11.9. The van der Waals surface area contributed by atoms with E-state index in [-0.39, 0.29) is 5.41 Å². The van der Waals surface area contributed by atoms with Crippen molar-refractivity contribution in [2.75, 3.05) is 3.11 Å². The van der Waals surface area contributed by atoms with Crippen LogP contribution in [0.3, 0.4) is 0 Å². The molecule has 0 saturated carbocycles. The number of benzene rings is 4. The van der Waals surface area contributed by atoms with E-state index in [1.54, 1.807) is 0 Å². The maximum absolute atomic E-state index is 2.46. The number of fused-ring (bicyclic) bond motifs is 6. The Morgan fingerprint density at radius 3 is 2.37 bits per heavy atom. The second-order valence-electron chi connectivity index (χ2n) is 8.43. The quantitative estimate of drug-likeness (QED) is 0.167. The van der Waals surface area contributed by atoms with Crippen molar-refractivity contribution in [2.45, 2.75) is 19.3 Å². The van der Waals surface area contributed by atoms with E-state index in [1.165, 1.54) is 53.8 Å². The van der Waals surface area contributed by atoms with Gasteiger partial charge in [0.05, 0.1) is 38.9 Å². The van der Waals surface area contributed by atoms with Crippen molar-refractivity contribution in [2.24, 2.45) is 0 Å². The summed E-state index contributed by atoms with van der Waals surface area (Å²) in [5.74, 6) is 0.